The van der Waals surface area contributed by atoms with E-state index in [1.165, 1.54) is 34.3 Å². The van der Waals surface area contributed by atoms with Gasteiger partial charge in [-0.2, -0.15) is 9.57 Å². The van der Waals surface area contributed by atoms with Gasteiger partial charge in [-0.15, -0.1) is 11.3 Å². The molecule has 39 heavy (non-hydrogen) atoms. The molecule has 2 aliphatic rings. The van der Waals surface area contributed by atoms with Crippen LogP contribution in [0.1, 0.15) is 34.7 Å². The van der Waals surface area contributed by atoms with E-state index in [1.54, 1.807) is 21.3 Å². The number of hydrogen-bond acceptors (Lipinski definition) is 7. The minimum Gasteiger partial charge on any atom is -0.296 e. The number of nitrogens with zero attached hydrogens (tertiary/aromatic N) is 5. The van der Waals surface area contributed by atoms with Gasteiger partial charge in [-0.25, -0.2) is 13.4 Å². The van der Waals surface area contributed by atoms with E-state index in [4.69, 9.17) is 0 Å². The van der Waals surface area contributed by atoms with Crippen molar-refractivity contribution in [3.8, 4) is 16.5 Å². The number of thiophene rings is 1. The molecule has 0 bridgehead atoms. The number of rotatable bonds is 5. The molecule has 8 nitrogen and oxygen atoms in total. The molecule has 3 heterocycles. The second-order valence-corrected chi connectivity index (χ2v) is 13.4. The molecule has 6 rings (SSSR count). The Bertz CT molecular complexity index is 1760. The molecule has 4 aromatic rings. The fourth-order valence-corrected chi connectivity index (χ4v) is 7.54. The molecule has 0 N–H and O–H groups in total. The van der Waals surface area contributed by atoms with Crippen LogP contribution in [0.4, 0.5) is 0 Å². The lowest BCUT2D eigenvalue weighted by molar-refractivity contribution is 0.182. The topological polar surface area (TPSA) is 99.3 Å². The van der Waals surface area contributed by atoms with Gasteiger partial charge in [-0.3, -0.25) is 14.3 Å². The van der Waals surface area contributed by atoms with Gasteiger partial charge in [-0.05, 0) is 59.7 Å². The van der Waals surface area contributed by atoms with Crippen LogP contribution in [0.3, 0.4) is 0 Å². The number of piperazine rings is 1. The zero-order valence-electron chi connectivity index (χ0n) is 21.7. The maximum Gasteiger partial charge on any atom is 0.271 e. The molecule has 0 radical (unpaired) electrons. The van der Waals surface area contributed by atoms with E-state index in [2.05, 4.69) is 34.2 Å². The summed E-state index contributed by atoms with van der Waals surface area (Å²) in [4.78, 5) is 21.4. The molecule has 1 saturated heterocycles. The van der Waals surface area contributed by atoms with Crippen LogP contribution in [-0.4, -0.2) is 59.6 Å². The number of aromatic nitrogens is 2. The molecule has 10 heteroatoms. The standard InChI is InChI=1S/C29H29N5O3S2/c1-39(36,37)33-11-9-32(10-12-33)18-21-5-6-23-15-25(8-7-22(23)14-21)34-19-31-26-16-27(38-28(26)29(34)35)24-4-2-3-20(13-24)17-30/h2-6,13-14,16,19,25H,7-12,15,18H2,1H3/t25-/m0/s1. The van der Waals surface area contributed by atoms with Crippen LogP contribution in [-0.2, 0) is 29.4 Å². The summed E-state index contributed by atoms with van der Waals surface area (Å²) in [7, 11) is -3.12. The predicted octanol–water partition coefficient (Wildman–Crippen LogP) is 3.80. The Kier molecular flexibility index (Phi) is 6.85. The summed E-state index contributed by atoms with van der Waals surface area (Å²) < 4.78 is 27.6. The van der Waals surface area contributed by atoms with Gasteiger partial charge in [0.05, 0.1) is 29.7 Å². The van der Waals surface area contributed by atoms with Gasteiger partial charge in [-0.1, -0.05) is 30.3 Å². The fourth-order valence-electron chi connectivity index (χ4n) is 5.67. The number of nitriles is 1. The molecule has 2 aromatic carbocycles. The highest BCUT2D eigenvalue weighted by Crippen LogP contribution is 2.33. The van der Waals surface area contributed by atoms with Crippen molar-refractivity contribution in [2.24, 2.45) is 0 Å². The van der Waals surface area contributed by atoms with Crippen molar-refractivity contribution >= 4 is 31.6 Å². The minimum absolute atomic E-state index is 0.00834. The van der Waals surface area contributed by atoms with Gasteiger partial charge >= 0.3 is 0 Å². The van der Waals surface area contributed by atoms with Crippen LogP contribution in [0, 0.1) is 11.3 Å². The van der Waals surface area contributed by atoms with Crippen LogP contribution < -0.4 is 5.56 Å². The Balaban J connectivity index is 1.17. The minimum atomic E-state index is -3.12. The number of fused-ring (bicyclic) bond motifs is 2. The zero-order valence-corrected chi connectivity index (χ0v) is 23.3. The van der Waals surface area contributed by atoms with Gasteiger partial charge in [0.1, 0.15) is 4.70 Å². The Morgan fingerprint density at radius 3 is 2.67 bits per heavy atom. The molecule has 0 spiro atoms. The van der Waals surface area contributed by atoms with Crippen molar-refractivity contribution in [3.63, 3.8) is 0 Å². The van der Waals surface area contributed by atoms with Gasteiger partial charge in [0, 0.05) is 43.6 Å². The Labute approximate surface area is 231 Å². The quantitative estimate of drug-likeness (QED) is 0.369. The molecule has 1 fully saturated rings. The largest absolute Gasteiger partial charge is 0.296 e. The third-order valence-electron chi connectivity index (χ3n) is 7.81. The van der Waals surface area contributed by atoms with Crippen molar-refractivity contribution in [1.82, 2.24) is 18.8 Å². The molecule has 0 amide bonds. The lowest BCUT2D eigenvalue weighted by Gasteiger charge is -2.33. The molecule has 1 aliphatic carbocycles. The van der Waals surface area contributed by atoms with E-state index in [9.17, 15) is 18.5 Å². The number of aryl methyl sites for hydroxylation is 1. The third-order valence-corrected chi connectivity index (χ3v) is 10.3. The van der Waals surface area contributed by atoms with Crippen LogP contribution in [0.5, 0.6) is 0 Å². The maximum absolute atomic E-state index is 13.5. The summed E-state index contributed by atoms with van der Waals surface area (Å²) in [5.41, 5.74) is 6.03. The molecule has 2 aromatic heterocycles. The first kappa shape index (κ1) is 25.9. The van der Waals surface area contributed by atoms with E-state index in [0.29, 0.717) is 28.9 Å². The Morgan fingerprint density at radius 1 is 1.08 bits per heavy atom. The van der Waals surface area contributed by atoms with Crippen molar-refractivity contribution < 1.29 is 8.42 Å². The lowest BCUT2D eigenvalue weighted by atomic mass is 9.87. The highest BCUT2D eigenvalue weighted by atomic mass is 32.2. The first-order chi connectivity index (χ1) is 18.8. The van der Waals surface area contributed by atoms with Gasteiger partial charge in [0.15, 0.2) is 0 Å². The van der Waals surface area contributed by atoms with E-state index >= 15 is 0 Å². The first-order valence-corrected chi connectivity index (χ1v) is 15.7. The highest BCUT2D eigenvalue weighted by molar-refractivity contribution is 7.88. The Morgan fingerprint density at radius 2 is 1.90 bits per heavy atom. The molecule has 1 aliphatic heterocycles. The molecular weight excluding hydrogens is 530 g/mol. The molecule has 0 unspecified atom stereocenters. The second kappa shape index (κ2) is 10.3. The van der Waals surface area contributed by atoms with E-state index in [1.807, 2.05) is 24.3 Å². The van der Waals surface area contributed by atoms with Gasteiger partial charge < -0.3 is 0 Å². The molecule has 200 valence electrons. The average Bonchev–Trinajstić information content (AvgIpc) is 3.38. The van der Waals surface area contributed by atoms with Crippen LogP contribution >= 0.6 is 11.3 Å². The SMILES string of the molecule is CS(=O)(=O)N1CCN(Cc2ccc3c(c2)CC[C@H](n2cnc4cc(-c5cccc(C#N)c5)sc4c2=O)C3)CC1. The summed E-state index contributed by atoms with van der Waals surface area (Å²) in [6.07, 6.45) is 5.52. The maximum atomic E-state index is 13.5. The summed E-state index contributed by atoms with van der Waals surface area (Å²) in [6, 6.07) is 18.2. The summed E-state index contributed by atoms with van der Waals surface area (Å²) >= 11 is 1.43. The van der Waals surface area contributed by atoms with Crippen molar-refractivity contribution in [1.29, 1.82) is 5.26 Å². The zero-order chi connectivity index (χ0) is 27.1. The van der Waals surface area contributed by atoms with E-state index in [0.717, 1.165) is 49.3 Å². The number of sulfonamides is 1. The average molecular weight is 560 g/mol. The van der Waals surface area contributed by atoms with Crippen LogP contribution in [0.15, 0.2) is 59.7 Å². The summed E-state index contributed by atoms with van der Waals surface area (Å²) in [5.74, 6) is 0. The predicted molar refractivity (Wildman–Crippen MR) is 153 cm³/mol. The second-order valence-electron chi connectivity index (χ2n) is 10.4. The molecule has 0 saturated carbocycles. The van der Waals surface area contributed by atoms with E-state index in [-0.39, 0.29) is 11.6 Å². The lowest BCUT2D eigenvalue weighted by Crippen LogP contribution is -2.47. The van der Waals surface area contributed by atoms with Crippen LogP contribution in [0.2, 0.25) is 0 Å². The van der Waals surface area contributed by atoms with E-state index < -0.39 is 10.0 Å². The van der Waals surface area contributed by atoms with Gasteiger partial charge in [0.2, 0.25) is 10.0 Å². The monoisotopic (exact) mass is 559 g/mol. The smallest absolute Gasteiger partial charge is 0.271 e. The number of hydrogen-bond donors (Lipinski definition) is 0. The normalized spacial score (nSPS) is 18.6. The first-order valence-electron chi connectivity index (χ1n) is 13.1. The van der Waals surface area contributed by atoms with Crippen LogP contribution in [0.25, 0.3) is 20.7 Å². The van der Waals surface area contributed by atoms with Gasteiger partial charge in [0.25, 0.3) is 5.56 Å². The summed E-state index contributed by atoms with van der Waals surface area (Å²) in [6.45, 7) is 3.36. The molecular formula is C29H29N5O3S2. The fraction of sp³-hybridized carbons (Fsp3) is 0.345. The number of benzene rings is 2. The third kappa shape index (κ3) is 5.28. The Hall–Kier alpha value is -3.36. The van der Waals surface area contributed by atoms with Crippen molar-refractivity contribution in [2.45, 2.75) is 31.8 Å². The highest BCUT2D eigenvalue weighted by Gasteiger charge is 2.25. The molecule has 1 atom stereocenters. The summed E-state index contributed by atoms with van der Waals surface area (Å²) in [5, 5.41) is 9.23. The van der Waals surface area contributed by atoms with Crippen molar-refractivity contribution in [3.05, 3.63) is 87.5 Å². The van der Waals surface area contributed by atoms with Crippen molar-refractivity contribution in [2.75, 3.05) is 32.4 Å².